The lowest BCUT2D eigenvalue weighted by molar-refractivity contribution is 0.305. The van der Waals surface area contributed by atoms with Crippen molar-refractivity contribution in [2.24, 2.45) is 0 Å². The normalized spacial score (nSPS) is 10.8. The zero-order chi connectivity index (χ0) is 16.5. The van der Waals surface area contributed by atoms with E-state index in [0.29, 0.717) is 12.2 Å². The van der Waals surface area contributed by atoms with Gasteiger partial charge in [0.15, 0.2) is 0 Å². The molecule has 0 N–H and O–H groups in total. The van der Waals surface area contributed by atoms with Crippen molar-refractivity contribution < 1.29 is 4.74 Å². The summed E-state index contributed by atoms with van der Waals surface area (Å²) in [4.78, 5) is 0. The first-order valence-corrected chi connectivity index (χ1v) is 8.36. The molecule has 0 amide bonds. The highest BCUT2D eigenvalue weighted by atomic mass is 79.9. The van der Waals surface area contributed by atoms with Crippen LogP contribution in [0.2, 0.25) is 0 Å². The Morgan fingerprint density at radius 2 is 1.75 bits per heavy atom. The van der Waals surface area contributed by atoms with Crippen molar-refractivity contribution in [3.05, 3.63) is 82.5 Å². The molecule has 0 saturated heterocycles. The summed E-state index contributed by atoms with van der Waals surface area (Å²) in [6.45, 7) is 0.503. The number of nitrogens with zero attached hydrogens (tertiary/aromatic N) is 2. The van der Waals surface area contributed by atoms with E-state index >= 15 is 0 Å². The van der Waals surface area contributed by atoms with Gasteiger partial charge in [0.2, 0.25) is 0 Å². The van der Waals surface area contributed by atoms with Crippen molar-refractivity contribution in [2.75, 3.05) is 0 Å². The zero-order valence-electron chi connectivity index (χ0n) is 12.7. The predicted octanol–water partition coefficient (Wildman–Crippen LogP) is 5.31. The second-order valence-corrected chi connectivity index (χ2v) is 6.45. The highest BCUT2D eigenvalue weighted by Crippen LogP contribution is 2.28. The second kappa shape index (κ2) is 6.03. The number of fused-ring (bicyclic) bond motifs is 3. The lowest BCUT2D eigenvalue weighted by atomic mass is 10.2. The molecule has 24 heavy (non-hydrogen) atoms. The fourth-order valence-electron chi connectivity index (χ4n) is 2.87. The number of ether oxygens (including phenoxy) is 1. The molecule has 0 unspecified atom stereocenters. The number of pyridine rings is 1. The van der Waals surface area contributed by atoms with Gasteiger partial charge in [-0.3, -0.25) is 0 Å². The molecule has 2 aromatic carbocycles. The minimum absolute atomic E-state index is 0.503. The quantitative estimate of drug-likeness (QED) is 0.486. The number of para-hydroxylation sites is 1. The summed E-state index contributed by atoms with van der Waals surface area (Å²) in [5.41, 5.74) is 3.71. The second-order valence-electron chi connectivity index (χ2n) is 5.54. The average Bonchev–Trinajstić information content (AvgIpc) is 2.94. The Morgan fingerprint density at radius 3 is 2.54 bits per heavy atom. The van der Waals surface area contributed by atoms with Crippen LogP contribution in [-0.2, 0) is 6.61 Å². The largest absolute Gasteiger partial charge is 0.487 e. The fourth-order valence-corrected chi connectivity index (χ4v) is 3.13. The molecule has 0 aliphatic carbocycles. The van der Waals surface area contributed by atoms with Crippen LogP contribution in [-0.4, -0.2) is 4.40 Å². The fraction of sp³-hybridized carbons (Fsp3) is 0.0500. The number of hydrogen-bond donors (Lipinski definition) is 0. The van der Waals surface area contributed by atoms with Crippen molar-refractivity contribution >= 4 is 32.3 Å². The van der Waals surface area contributed by atoms with Crippen LogP contribution in [0.1, 0.15) is 11.1 Å². The standard InChI is InChI=1S/C20H13BrN2O/c21-15-7-5-14(6-8-15)13-24-16-9-10-20-18(11-22)17-3-1-2-4-19(17)23(20)12-16/h1-10,12H,13H2. The van der Waals surface area contributed by atoms with E-state index in [1.54, 1.807) is 0 Å². The van der Waals surface area contributed by atoms with Crippen LogP contribution in [0.25, 0.3) is 16.4 Å². The molecule has 0 fully saturated rings. The average molecular weight is 377 g/mol. The van der Waals surface area contributed by atoms with E-state index in [2.05, 4.69) is 22.0 Å². The van der Waals surface area contributed by atoms with E-state index in [1.165, 1.54) is 0 Å². The summed E-state index contributed by atoms with van der Waals surface area (Å²) in [6, 6.07) is 22.1. The maximum absolute atomic E-state index is 9.47. The molecular formula is C20H13BrN2O. The van der Waals surface area contributed by atoms with E-state index in [4.69, 9.17) is 4.74 Å². The summed E-state index contributed by atoms with van der Waals surface area (Å²) < 4.78 is 8.98. The minimum atomic E-state index is 0.503. The number of hydrogen-bond acceptors (Lipinski definition) is 2. The van der Waals surface area contributed by atoms with Crippen molar-refractivity contribution in [3.8, 4) is 11.8 Å². The Bertz CT molecular complexity index is 1070. The molecule has 4 heteroatoms. The summed E-state index contributed by atoms with van der Waals surface area (Å²) >= 11 is 3.43. The first-order valence-electron chi connectivity index (χ1n) is 7.56. The van der Waals surface area contributed by atoms with E-state index in [0.717, 1.165) is 32.2 Å². The number of halogens is 1. The van der Waals surface area contributed by atoms with Gasteiger partial charge in [0.25, 0.3) is 0 Å². The molecule has 4 rings (SSSR count). The van der Waals surface area contributed by atoms with Crippen LogP contribution in [0, 0.1) is 11.3 Å². The van der Waals surface area contributed by atoms with Crippen LogP contribution >= 0.6 is 15.9 Å². The van der Waals surface area contributed by atoms with Crippen LogP contribution in [0.15, 0.2) is 71.3 Å². The molecule has 3 nitrogen and oxygen atoms in total. The third kappa shape index (κ3) is 2.53. The van der Waals surface area contributed by atoms with Crippen LogP contribution in [0.4, 0.5) is 0 Å². The predicted molar refractivity (Wildman–Crippen MR) is 98.1 cm³/mol. The van der Waals surface area contributed by atoms with Crippen molar-refractivity contribution in [1.82, 2.24) is 4.40 Å². The lowest BCUT2D eigenvalue weighted by Gasteiger charge is -2.07. The van der Waals surface area contributed by atoms with E-state index < -0.39 is 0 Å². The van der Waals surface area contributed by atoms with Gasteiger partial charge < -0.3 is 9.14 Å². The van der Waals surface area contributed by atoms with Gasteiger partial charge in [0.1, 0.15) is 18.4 Å². The van der Waals surface area contributed by atoms with Crippen molar-refractivity contribution in [2.45, 2.75) is 6.61 Å². The molecule has 0 aliphatic rings. The summed E-state index contributed by atoms with van der Waals surface area (Å²) in [6.07, 6.45) is 1.94. The SMILES string of the molecule is N#Cc1c2ccccc2n2cc(OCc3ccc(Br)cc3)ccc12. The molecule has 4 aromatic rings. The molecule has 0 saturated carbocycles. The Labute approximate surface area is 147 Å². The van der Waals surface area contributed by atoms with E-state index in [-0.39, 0.29) is 0 Å². The van der Waals surface area contributed by atoms with Gasteiger partial charge in [-0.1, -0.05) is 46.3 Å². The van der Waals surface area contributed by atoms with Crippen LogP contribution in [0.5, 0.6) is 5.75 Å². The number of aromatic nitrogens is 1. The number of rotatable bonds is 3. The van der Waals surface area contributed by atoms with Crippen molar-refractivity contribution in [1.29, 1.82) is 5.26 Å². The molecule has 0 aliphatic heterocycles. The molecule has 2 heterocycles. The molecular weight excluding hydrogens is 364 g/mol. The topological polar surface area (TPSA) is 37.4 Å². The molecule has 2 aromatic heterocycles. The van der Waals surface area contributed by atoms with Gasteiger partial charge in [0, 0.05) is 9.86 Å². The van der Waals surface area contributed by atoms with Gasteiger partial charge >= 0.3 is 0 Å². The molecule has 0 bridgehead atoms. The van der Waals surface area contributed by atoms with Crippen LogP contribution < -0.4 is 4.74 Å². The monoisotopic (exact) mass is 376 g/mol. The maximum atomic E-state index is 9.47. The highest BCUT2D eigenvalue weighted by Gasteiger charge is 2.11. The minimum Gasteiger partial charge on any atom is -0.487 e. The van der Waals surface area contributed by atoms with Crippen molar-refractivity contribution in [3.63, 3.8) is 0 Å². The zero-order valence-corrected chi connectivity index (χ0v) is 14.3. The van der Waals surface area contributed by atoms with E-state index in [1.807, 2.05) is 71.3 Å². The number of nitriles is 1. The Hall–Kier alpha value is -2.77. The Morgan fingerprint density at radius 1 is 0.958 bits per heavy atom. The van der Waals surface area contributed by atoms with Gasteiger partial charge in [-0.25, -0.2) is 0 Å². The smallest absolute Gasteiger partial charge is 0.136 e. The lowest BCUT2D eigenvalue weighted by Crippen LogP contribution is -1.96. The molecule has 0 atom stereocenters. The molecule has 0 radical (unpaired) electrons. The van der Waals surface area contributed by atoms with Gasteiger partial charge in [-0.2, -0.15) is 5.26 Å². The molecule has 116 valence electrons. The maximum Gasteiger partial charge on any atom is 0.136 e. The van der Waals surface area contributed by atoms with Gasteiger partial charge in [0.05, 0.1) is 22.8 Å². The summed E-state index contributed by atoms with van der Waals surface area (Å²) in [5.74, 6) is 0.774. The third-order valence-corrected chi connectivity index (χ3v) is 4.57. The first kappa shape index (κ1) is 14.8. The van der Waals surface area contributed by atoms with Gasteiger partial charge in [-0.15, -0.1) is 0 Å². The molecule has 0 spiro atoms. The number of benzene rings is 2. The van der Waals surface area contributed by atoms with E-state index in [9.17, 15) is 5.26 Å². The Kier molecular flexibility index (Phi) is 3.72. The summed E-state index contributed by atoms with van der Waals surface area (Å²) in [5, 5.41) is 10.4. The first-order chi connectivity index (χ1) is 11.8. The van der Waals surface area contributed by atoms with Gasteiger partial charge in [-0.05, 0) is 35.9 Å². The summed E-state index contributed by atoms with van der Waals surface area (Å²) in [7, 11) is 0. The third-order valence-electron chi connectivity index (χ3n) is 4.04. The Balaban J connectivity index is 1.72. The highest BCUT2D eigenvalue weighted by molar-refractivity contribution is 9.10. The van der Waals surface area contributed by atoms with Crippen LogP contribution in [0.3, 0.4) is 0 Å².